The highest BCUT2D eigenvalue weighted by Crippen LogP contribution is 2.44. The third-order valence-electron chi connectivity index (χ3n) is 7.61. The molecule has 11 nitrogen and oxygen atoms in total. The lowest BCUT2D eigenvalue weighted by Crippen LogP contribution is -2.29. The van der Waals surface area contributed by atoms with E-state index < -0.39 is 6.09 Å². The van der Waals surface area contributed by atoms with Crippen LogP contribution in [0.15, 0.2) is 48.5 Å². The molecule has 1 aliphatic rings. The first-order valence-electron chi connectivity index (χ1n) is 17.5. The zero-order valence-electron chi connectivity index (χ0n) is 28.8. The molecule has 0 heterocycles. The Kier molecular flexibility index (Phi) is 22.6. The van der Waals surface area contributed by atoms with Gasteiger partial charge in [0.15, 0.2) is 0 Å². The number of carbonyl (C=O) groups is 1. The first-order valence-corrected chi connectivity index (χ1v) is 17.5. The predicted molar refractivity (Wildman–Crippen MR) is 184 cm³/mol. The Morgan fingerprint density at radius 3 is 1.35 bits per heavy atom. The molecule has 48 heavy (non-hydrogen) atoms. The molecule has 1 amide bonds. The SMILES string of the molecule is CCCCCCOCCOCCOCCOCCOCCOCCOCCOCCNC(=O)OCC1c2ccccc2-c2ccccc21. The number of unbranched alkanes of at least 4 members (excludes halogenated alkanes) is 3. The zero-order valence-corrected chi connectivity index (χ0v) is 28.8. The van der Waals surface area contributed by atoms with Gasteiger partial charge in [-0.15, -0.1) is 0 Å². The number of fused-ring (bicyclic) bond motifs is 3. The van der Waals surface area contributed by atoms with E-state index in [-0.39, 0.29) is 5.92 Å². The van der Waals surface area contributed by atoms with Crippen molar-refractivity contribution in [1.82, 2.24) is 5.32 Å². The summed E-state index contributed by atoms with van der Waals surface area (Å²) in [6.07, 6.45) is 4.43. The smallest absolute Gasteiger partial charge is 0.407 e. The lowest BCUT2D eigenvalue weighted by atomic mass is 9.98. The fourth-order valence-electron chi connectivity index (χ4n) is 5.15. The first-order chi connectivity index (χ1) is 23.8. The Bertz CT molecular complexity index is 1040. The minimum absolute atomic E-state index is 0.0429. The van der Waals surface area contributed by atoms with Gasteiger partial charge in [-0.25, -0.2) is 4.79 Å². The molecule has 0 radical (unpaired) electrons. The largest absolute Gasteiger partial charge is 0.449 e. The minimum atomic E-state index is -0.447. The molecular weight excluding hydrogens is 618 g/mol. The molecule has 2 aromatic rings. The highest BCUT2D eigenvalue weighted by molar-refractivity contribution is 5.79. The molecule has 0 fully saturated rings. The van der Waals surface area contributed by atoms with Crippen LogP contribution in [0.3, 0.4) is 0 Å². The van der Waals surface area contributed by atoms with Gasteiger partial charge in [0, 0.05) is 19.1 Å². The van der Waals surface area contributed by atoms with Crippen molar-refractivity contribution >= 4 is 6.09 Å². The van der Waals surface area contributed by atoms with Gasteiger partial charge in [-0.2, -0.15) is 0 Å². The number of hydrogen-bond donors (Lipinski definition) is 1. The van der Waals surface area contributed by atoms with Gasteiger partial charge in [0.05, 0.1) is 99.1 Å². The quantitative estimate of drug-likeness (QED) is 0.107. The maximum atomic E-state index is 12.2. The standard InChI is InChI=1S/C37H57NO10/c1-2-3-4-9-15-40-17-19-42-21-23-44-25-27-46-29-30-47-28-26-45-24-22-43-20-18-41-16-14-38-37(39)48-31-36-34-12-7-5-10-32(34)33-11-6-8-13-35(33)36/h5-8,10-13,36H,2-4,9,14-31H2,1H3,(H,38,39). The van der Waals surface area contributed by atoms with E-state index in [1.54, 1.807) is 0 Å². The van der Waals surface area contributed by atoms with Gasteiger partial charge >= 0.3 is 6.09 Å². The molecule has 11 heteroatoms. The Balaban J connectivity index is 0.986. The van der Waals surface area contributed by atoms with Gasteiger partial charge in [0.2, 0.25) is 0 Å². The highest BCUT2D eigenvalue weighted by atomic mass is 16.6. The van der Waals surface area contributed by atoms with Crippen LogP contribution in [0, 0.1) is 0 Å². The van der Waals surface area contributed by atoms with Gasteiger partial charge in [-0.3, -0.25) is 0 Å². The van der Waals surface area contributed by atoms with Crippen molar-refractivity contribution in [3.63, 3.8) is 0 Å². The highest BCUT2D eigenvalue weighted by Gasteiger charge is 2.28. The summed E-state index contributed by atoms with van der Waals surface area (Å²) < 4.78 is 49.6. The molecule has 1 N–H and O–H groups in total. The number of nitrogens with one attached hydrogen (secondary N) is 1. The van der Waals surface area contributed by atoms with Crippen molar-refractivity contribution in [2.75, 3.05) is 119 Å². The average Bonchev–Trinajstić information content (AvgIpc) is 3.43. The van der Waals surface area contributed by atoms with E-state index >= 15 is 0 Å². The summed E-state index contributed by atoms with van der Waals surface area (Å²) in [5.74, 6) is 0.0429. The van der Waals surface area contributed by atoms with Crippen LogP contribution in [-0.2, 0) is 42.6 Å². The van der Waals surface area contributed by atoms with Crippen LogP contribution in [-0.4, -0.2) is 125 Å². The average molecular weight is 676 g/mol. The van der Waals surface area contributed by atoms with Gasteiger partial charge in [-0.1, -0.05) is 74.7 Å². The topological polar surface area (TPSA) is 112 Å². The molecule has 0 saturated heterocycles. The van der Waals surface area contributed by atoms with Gasteiger partial charge in [0.1, 0.15) is 6.61 Å². The minimum Gasteiger partial charge on any atom is -0.449 e. The second kappa shape index (κ2) is 27.2. The maximum absolute atomic E-state index is 12.2. The van der Waals surface area contributed by atoms with Gasteiger partial charge in [0.25, 0.3) is 0 Å². The van der Waals surface area contributed by atoms with Crippen molar-refractivity contribution in [1.29, 1.82) is 0 Å². The fourth-order valence-corrected chi connectivity index (χ4v) is 5.15. The van der Waals surface area contributed by atoms with Crippen molar-refractivity contribution < 1.29 is 47.4 Å². The number of rotatable bonds is 31. The summed E-state index contributed by atoms with van der Waals surface area (Å²) in [5, 5.41) is 2.75. The maximum Gasteiger partial charge on any atom is 0.407 e. The Hall–Kier alpha value is -2.61. The van der Waals surface area contributed by atoms with Crippen molar-refractivity contribution in [3.8, 4) is 11.1 Å². The van der Waals surface area contributed by atoms with E-state index in [1.807, 2.05) is 24.3 Å². The lowest BCUT2D eigenvalue weighted by molar-refractivity contribution is -0.0230. The molecule has 2 aromatic carbocycles. The molecule has 0 bridgehead atoms. The van der Waals surface area contributed by atoms with Crippen LogP contribution in [0.25, 0.3) is 11.1 Å². The molecule has 0 atom stereocenters. The van der Waals surface area contributed by atoms with Crippen LogP contribution >= 0.6 is 0 Å². The van der Waals surface area contributed by atoms with Crippen LogP contribution in [0.2, 0.25) is 0 Å². The molecule has 0 aromatic heterocycles. The Labute approximate surface area is 286 Å². The van der Waals surface area contributed by atoms with Crippen LogP contribution in [0.4, 0.5) is 4.79 Å². The Morgan fingerprint density at radius 1 is 0.521 bits per heavy atom. The van der Waals surface area contributed by atoms with E-state index in [0.29, 0.717) is 112 Å². The zero-order chi connectivity index (χ0) is 33.7. The summed E-state index contributed by atoms with van der Waals surface area (Å²) in [6, 6.07) is 16.5. The third kappa shape index (κ3) is 17.2. The number of ether oxygens (including phenoxy) is 9. The molecule has 0 aliphatic heterocycles. The van der Waals surface area contributed by atoms with Crippen molar-refractivity contribution in [3.05, 3.63) is 59.7 Å². The third-order valence-corrected chi connectivity index (χ3v) is 7.61. The monoisotopic (exact) mass is 675 g/mol. The number of alkyl carbamates (subject to hydrolysis) is 1. The van der Waals surface area contributed by atoms with Crippen molar-refractivity contribution in [2.24, 2.45) is 0 Å². The van der Waals surface area contributed by atoms with Crippen LogP contribution < -0.4 is 5.32 Å². The lowest BCUT2D eigenvalue weighted by Gasteiger charge is -2.14. The molecule has 0 saturated carbocycles. The number of hydrogen-bond acceptors (Lipinski definition) is 10. The molecule has 0 spiro atoms. The molecule has 3 rings (SSSR count). The molecular formula is C37H57NO10. The second-order valence-corrected chi connectivity index (χ2v) is 11.2. The Morgan fingerprint density at radius 2 is 0.917 bits per heavy atom. The predicted octanol–water partition coefficient (Wildman–Crippen LogP) is 5.24. The summed E-state index contributed by atoms with van der Waals surface area (Å²) in [4.78, 5) is 12.2. The number of benzene rings is 2. The van der Waals surface area contributed by atoms with Gasteiger partial charge in [-0.05, 0) is 28.7 Å². The summed E-state index contributed by atoms with van der Waals surface area (Å²) in [7, 11) is 0. The summed E-state index contributed by atoms with van der Waals surface area (Å²) in [6.45, 7) is 11.3. The number of carbonyl (C=O) groups excluding carboxylic acids is 1. The molecule has 1 aliphatic carbocycles. The van der Waals surface area contributed by atoms with E-state index in [1.165, 1.54) is 41.5 Å². The number of amides is 1. The molecule has 270 valence electrons. The van der Waals surface area contributed by atoms with E-state index in [0.717, 1.165) is 13.0 Å². The summed E-state index contributed by atoms with van der Waals surface area (Å²) in [5.41, 5.74) is 4.79. The normalized spacial score (nSPS) is 12.3. The van der Waals surface area contributed by atoms with Crippen LogP contribution in [0.1, 0.15) is 49.7 Å². The van der Waals surface area contributed by atoms with E-state index in [9.17, 15) is 4.79 Å². The fraction of sp³-hybridized carbons (Fsp3) is 0.649. The first kappa shape index (κ1) is 39.8. The summed E-state index contributed by atoms with van der Waals surface area (Å²) >= 11 is 0. The van der Waals surface area contributed by atoms with Crippen molar-refractivity contribution in [2.45, 2.75) is 38.5 Å². The van der Waals surface area contributed by atoms with Crippen LogP contribution in [0.5, 0.6) is 0 Å². The van der Waals surface area contributed by atoms with E-state index in [2.05, 4.69) is 36.5 Å². The second-order valence-electron chi connectivity index (χ2n) is 11.2. The van der Waals surface area contributed by atoms with Gasteiger partial charge < -0.3 is 47.9 Å². The van der Waals surface area contributed by atoms with E-state index in [4.69, 9.17) is 42.6 Å². The molecule has 0 unspecified atom stereocenters.